The Morgan fingerprint density at radius 1 is 1.47 bits per heavy atom. The highest BCUT2D eigenvalue weighted by atomic mass is 35.5. The smallest absolute Gasteiger partial charge is 0.128 e. The van der Waals surface area contributed by atoms with Gasteiger partial charge in [-0.15, -0.1) is 0 Å². The molecule has 1 unspecified atom stereocenters. The van der Waals surface area contributed by atoms with Gasteiger partial charge < -0.3 is 9.84 Å². The van der Waals surface area contributed by atoms with Gasteiger partial charge in [-0.3, -0.25) is 0 Å². The van der Waals surface area contributed by atoms with Crippen LogP contribution in [-0.4, -0.2) is 10.7 Å². The lowest BCUT2D eigenvalue weighted by Gasteiger charge is -2.36. The van der Waals surface area contributed by atoms with Crippen molar-refractivity contribution in [1.82, 2.24) is 0 Å². The molecule has 1 aromatic rings. The second-order valence-electron chi connectivity index (χ2n) is 4.72. The zero-order chi connectivity index (χ0) is 11.2. The number of halogens is 1. The lowest BCUT2D eigenvalue weighted by Crippen LogP contribution is -2.35. The van der Waals surface area contributed by atoms with E-state index in [-0.39, 0.29) is 5.60 Å². The Morgan fingerprint density at radius 2 is 2.13 bits per heavy atom. The first kappa shape index (κ1) is 10.8. The van der Waals surface area contributed by atoms with Crippen LogP contribution >= 0.6 is 11.6 Å². The van der Waals surface area contributed by atoms with E-state index in [0.29, 0.717) is 11.4 Å². The van der Waals surface area contributed by atoms with Gasteiger partial charge >= 0.3 is 0 Å². The molecule has 0 saturated heterocycles. The van der Waals surface area contributed by atoms with Crippen LogP contribution in [0, 0.1) is 6.92 Å². The highest BCUT2D eigenvalue weighted by Gasteiger charge is 2.33. The first-order chi connectivity index (χ1) is 6.89. The minimum atomic E-state index is -0.485. The zero-order valence-electron chi connectivity index (χ0n) is 9.17. The molecule has 1 atom stereocenters. The molecule has 2 rings (SSSR count). The Hall–Kier alpha value is -0.730. The predicted octanol–water partition coefficient (Wildman–Crippen LogP) is 3.24. The van der Waals surface area contributed by atoms with Crippen LogP contribution in [0.25, 0.3) is 0 Å². The quantitative estimate of drug-likeness (QED) is 0.736. The Kier molecular flexibility index (Phi) is 2.44. The van der Waals surface area contributed by atoms with E-state index in [0.717, 1.165) is 16.9 Å². The molecular formula is C12H15ClO2. The van der Waals surface area contributed by atoms with Gasteiger partial charge in [-0.25, -0.2) is 0 Å². The molecule has 2 nitrogen and oxygen atoms in total. The SMILES string of the molecule is Cc1cc(Cl)cc2c1OC(C)(C)CC2O. The third-order valence-electron chi connectivity index (χ3n) is 2.69. The van der Waals surface area contributed by atoms with Crippen LogP contribution in [0.3, 0.4) is 0 Å². The Labute approximate surface area is 94.8 Å². The minimum Gasteiger partial charge on any atom is -0.487 e. The maximum atomic E-state index is 10.0. The molecule has 0 radical (unpaired) electrons. The number of hydrogen-bond acceptors (Lipinski definition) is 2. The summed E-state index contributed by atoms with van der Waals surface area (Å²) >= 11 is 5.95. The number of rotatable bonds is 0. The van der Waals surface area contributed by atoms with Crippen molar-refractivity contribution < 1.29 is 9.84 Å². The van der Waals surface area contributed by atoms with Gasteiger partial charge in [0.2, 0.25) is 0 Å². The van der Waals surface area contributed by atoms with E-state index >= 15 is 0 Å². The molecule has 0 amide bonds. The van der Waals surface area contributed by atoms with E-state index in [9.17, 15) is 5.11 Å². The van der Waals surface area contributed by atoms with Crippen molar-refractivity contribution in [3.05, 3.63) is 28.3 Å². The standard InChI is InChI=1S/C12H15ClO2/c1-7-4-8(13)5-9-10(14)6-12(2,3)15-11(7)9/h4-5,10,14H,6H2,1-3H3. The fourth-order valence-corrected chi connectivity index (χ4v) is 2.32. The van der Waals surface area contributed by atoms with Gasteiger partial charge in [0, 0.05) is 17.0 Å². The average Bonchev–Trinajstić information content (AvgIpc) is 2.06. The van der Waals surface area contributed by atoms with Crippen molar-refractivity contribution in [2.45, 2.75) is 38.9 Å². The first-order valence-electron chi connectivity index (χ1n) is 5.06. The maximum Gasteiger partial charge on any atom is 0.128 e. The van der Waals surface area contributed by atoms with Gasteiger partial charge in [-0.1, -0.05) is 11.6 Å². The van der Waals surface area contributed by atoms with Crippen molar-refractivity contribution in [3.63, 3.8) is 0 Å². The number of aliphatic hydroxyl groups is 1. The summed E-state index contributed by atoms with van der Waals surface area (Å²) in [6.45, 7) is 5.90. The molecule has 3 heteroatoms. The number of aryl methyl sites for hydroxylation is 1. The van der Waals surface area contributed by atoms with Gasteiger partial charge in [-0.05, 0) is 38.5 Å². The molecule has 15 heavy (non-hydrogen) atoms. The number of fused-ring (bicyclic) bond motifs is 1. The Balaban J connectivity index is 2.55. The number of hydrogen-bond donors (Lipinski definition) is 1. The number of ether oxygens (including phenoxy) is 1. The van der Waals surface area contributed by atoms with E-state index in [2.05, 4.69) is 0 Å². The van der Waals surface area contributed by atoms with Crippen molar-refractivity contribution in [3.8, 4) is 5.75 Å². The molecule has 0 fully saturated rings. The molecule has 1 heterocycles. The normalized spacial score (nSPS) is 23.1. The second-order valence-corrected chi connectivity index (χ2v) is 5.16. The fraction of sp³-hybridized carbons (Fsp3) is 0.500. The molecule has 1 N–H and O–H groups in total. The van der Waals surface area contributed by atoms with E-state index in [1.54, 1.807) is 6.07 Å². The first-order valence-corrected chi connectivity index (χ1v) is 5.44. The molecule has 0 aromatic heterocycles. The van der Waals surface area contributed by atoms with Gasteiger partial charge in [0.1, 0.15) is 11.4 Å². The van der Waals surface area contributed by atoms with Crippen LogP contribution in [0.5, 0.6) is 5.75 Å². The third kappa shape index (κ3) is 1.97. The monoisotopic (exact) mass is 226 g/mol. The topological polar surface area (TPSA) is 29.5 Å². The molecular weight excluding hydrogens is 212 g/mol. The van der Waals surface area contributed by atoms with Gasteiger partial charge in [0.25, 0.3) is 0 Å². The van der Waals surface area contributed by atoms with E-state index in [4.69, 9.17) is 16.3 Å². The largest absolute Gasteiger partial charge is 0.487 e. The molecule has 0 saturated carbocycles. The third-order valence-corrected chi connectivity index (χ3v) is 2.91. The van der Waals surface area contributed by atoms with Gasteiger partial charge in [0.05, 0.1) is 6.10 Å². The number of aliphatic hydroxyl groups excluding tert-OH is 1. The van der Waals surface area contributed by atoms with Gasteiger partial charge in [0.15, 0.2) is 0 Å². The van der Waals surface area contributed by atoms with Crippen molar-refractivity contribution >= 4 is 11.6 Å². The zero-order valence-corrected chi connectivity index (χ0v) is 9.93. The molecule has 0 spiro atoms. The van der Waals surface area contributed by atoms with Gasteiger partial charge in [-0.2, -0.15) is 0 Å². The average molecular weight is 227 g/mol. The van der Waals surface area contributed by atoms with Crippen LogP contribution in [0.2, 0.25) is 5.02 Å². The second kappa shape index (κ2) is 3.39. The van der Waals surface area contributed by atoms with Crippen LogP contribution in [0.1, 0.15) is 37.5 Å². The number of benzene rings is 1. The Bertz CT molecular complexity index is 399. The molecule has 1 aliphatic heterocycles. The Morgan fingerprint density at radius 3 is 2.80 bits per heavy atom. The highest BCUT2D eigenvalue weighted by Crippen LogP contribution is 2.42. The van der Waals surface area contributed by atoms with E-state index in [1.807, 2.05) is 26.8 Å². The summed E-state index contributed by atoms with van der Waals surface area (Å²) in [6, 6.07) is 3.64. The summed E-state index contributed by atoms with van der Waals surface area (Å²) in [7, 11) is 0. The van der Waals surface area contributed by atoms with E-state index < -0.39 is 6.10 Å². The van der Waals surface area contributed by atoms with Crippen LogP contribution in [-0.2, 0) is 0 Å². The van der Waals surface area contributed by atoms with E-state index in [1.165, 1.54) is 0 Å². The lowest BCUT2D eigenvalue weighted by molar-refractivity contribution is 0.0109. The lowest BCUT2D eigenvalue weighted by atomic mass is 9.90. The summed E-state index contributed by atoms with van der Waals surface area (Å²) in [5, 5.41) is 10.7. The molecule has 0 bridgehead atoms. The van der Waals surface area contributed by atoms with Crippen LogP contribution in [0.4, 0.5) is 0 Å². The molecule has 1 aromatic carbocycles. The summed E-state index contributed by atoms with van der Waals surface area (Å²) in [5.74, 6) is 0.781. The molecule has 0 aliphatic carbocycles. The summed E-state index contributed by atoms with van der Waals surface area (Å²) in [4.78, 5) is 0. The van der Waals surface area contributed by atoms with Crippen molar-refractivity contribution in [2.75, 3.05) is 0 Å². The summed E-state index contributed by atoms with van der Waals surface area (Å²) in [5.41, 5.74) is 1.47. The summed E-state index contributed by atoms with van der Waals surface area (Å²) < 4.78 is 5.86. The fourth-order valence-electron chi connectivity index (χ4n) is 2.04. The minimum absolute atomic E-state index is 0.314. The van der Waals surface area contributed by atoms with Crippen molar-refractivity contribution in [1.29, 1.82) is 0 Å². The highest BCUT2D eigenvalue weighted by molar-refractivity contribution is 6.30. The van der Waals surface area contributed by atoms with Crippen molar-refractivity contribution in [2.24, 2.45) is 0 Å². The molecule has 82 valence electrons. The van der Waals surface area contributed by atoms with Crippen LogP contribution in [0.15, 0.2) is 12.1 Å². The predicted molar refractivity (Wildman–Crippen MR) is 60.5 cm³/mol. The molecule has 1 aliphatic rings. The summed E-state index contributed by atoms with van der Waals surface area (Å²) in [6.07, 6.45) is 0.112. The maximum absolute atomic E-state index is 10.0. The van der Waals surface area contributed by atoms with Crippen LogP contribution < -0.4 is 4.74 Å².